The highest BCUT2D eigenvalue weighted by atomic mass is 79.9. The van der Waals surface area contributed by atoms with Gasteiger partial charge in [0.25, 0.3) is 0 Å². The first-order valence-corrected chi connectivity index (χ1v) is 8.03. The average molecular weight is 384 g/mol. The highest BCUT2D eigenvalue weighted by molar-refractivity contribution is 9.11. The van der Waals surface area contributed by atoms with Crippen molar-refractivity contribution < 1.29 is 4.79 Å². The Morgan fingerprint density at radius 3 is 2.67 bits per heavy atom. The zero-order chi connectivity index (χ0) is 15.6. The molecule has 1 amide bonds. The lowest BCUT2D eigenvalue weighted by Gasteiger charge is -2.22. The van der Waals surface area contributed by atoms with Gasteiger partial charge < -0.3 is 5.73 Å². The van der Waals surface area contributed by atoms with Crippen molar-refractivity contribution in [1.82, 2.24) is 4.98 Å². The Kier molecular flexibility index (Phi) is 4.72. The van der Waals surface area contributed by atoms with Gasteiger partial charge in [0, 0.05) is 5.02 Å². The van der Waals surface area contributed by atoms with Gasteiger partial charge in [-0.2, -0.15) is 0 Å². The van der Waals surface area contributed by atoms with Gasteiger partial charge in [0.1, 0.15) is 5.01 Å². The first kappa shape index (κ1) is 16.0. The Morgan fingerprint density at radius 1 is 1.52 bits per heavy atom. The lowest BCUT2D eigenvalue weighted by Crippen LogP contribution is -2.22. The molecule has 108 valence electrons. The second-order valence-corrected chi connectivity index (χ2v) is 7.49. The summed E-state index contributed by atoms with van der Waals surface area (Å²) in [6, 6.07) is 7.33. The monoisotopic (exact) mass is 382 g/mol. The van der Waals surface area contributed by atoms with Crippen LogP contribution in [0.25, 0.3) is 0 Å². The summed E-state index contributed by atoms with van der Waals surface area (Å²) in [6.07, 6.45) is 5.86. The van der Waals surface area contributed by atoms with Gasteiger partial charge in [-0.15, -0.1) is 17.8 Å². The lowest BCUT2D eigenvalue weighted by atomic mass is 9.81. The summed E-state index contributed by atoms with van der Waals surface area (Å²) in [5.74, 6) is 2.37. The van der Waals surface area contributed by atoms with Gasteiger partial charge >= 0.3 is 0 Å². The third-order valence-corrected chi connectivity index (χ3v) is 5.10. The van der Waals surface area contributed by atoms with Crippen molar-refractivity contribution in [2.75, 3.05) is 0 Å². The fourth-order valence-electron chi connectivity index (χ4n) is 1.95. The summed E-state index contributed by atoms with van der Waals surface area (Å²) in [7, 11) is 0. The van der Waals surface area contributed by atoms with Crippen LogP contribution < -0.4 is 5.73 Å². The molecular formula is C15H12BrClN2OS. The van der Waals surface area contributed by atoms with Crippen molar-refractivity contribution in [1.29, 1.82) is 0 Å². The summed E-state index contributed by atoms with van der Waals surface area (Å²) >= 11 is 10.8. The maximum Gasteiger partial charge on any atom is 0.224 e. The van der Waals surface area contributed by atoms with Crippen LogP contribution in [0.4, 0.5) is 0 Å². The molecule has 0 aliphatic rings. The molecule has 0 bridgehead atoms. The van der Waals surface area contributed by atoms with Gasteiger partial charge in [0.05, 0.1) is 21.3 Å². The van der Waals surface area contributed by atoms with Crippen LogP contribution in [0, 0.1) is 12.3 Å². The van der Waals surface area contributed by atoms with E-state index >= 15 is 0 Å². The number of halogens is 2. The van der Waals surface area contributed by atoms with E-state index in [9.17, 15) is 4.79 Å². The van der Waals surface area contributed by atoms with Gasteiger partial charge in [0.15, 0.2) is 0 Å². The number of benzene rings is 1. The average Bonchev–Trinajstić information content (AvgIpc) is 2.79. The normalized spacial score (nSPS) is 13.4. The van der Waals surface area contributed by atoms with E-state index in [1.807, 2.05) is 19.1 Å². The van der Waals surface area contributed by atoms with E-state index in [1.165, 1.54) is 11.3 Å². The van der Waals surface area contributed by atoms with Crippen molar-refractivity contribution in [3.63, 3.8) is 0 Å². The van der Waals surface area contributed by atoms with Gasteiger partial charge in [0.2, 0.25) is 5.91 Å². The summed E-state index contributed by atoms with van der Waals surface area (Å²) in [5, 5.41) is 1.28. The van der Waals surface area contributed by atoms with Crippen LogP contribution in [0.1, 0.15) is 23.2 Å². The number of thiazole rings is 1. The maximum atomic E-state index is 11.0. The molecule has 0 saturated carbocycles. The van der Waals surface area contributed by atoms with Gasteiger partial charge in [-0.25, -0.2) is 4.98 Å². The SMILES string of the molecule is C#CC(C)(c1ccc(Cl)cc1)c1nc(CC(N)=O)sc1Br. The fourth-order valence-corrected chi connectivity index (χ4v) is 4.02. The van der Waals surface area contributed by atoms with E-state index in [0.717, 1.165) is 9.35 Å². The molecule has 1 heterocycles. The molecule has 21 heavy (non-hydrogen) atoms. The third kappa shape index (κ3) is 3.29. The number of carbonyl (C=O) groups is 1. The predicted molar refractivity (Wildman–Crippen MR) is 89.5 cm³/mol. The molecule has 1 atom stereocenters. The highest BCUT2D eigenvalue weighted by Crippen LogP contribution is 2.38. The number of terminal acetylenes is 1. The van der Waals surface area contributed by atoms with Gasteiger partial charge in [-0.3, -0.25) is 4.79 Å². The van der Waals surface area contributed by atoms with Crippen molar-refractivity contribution in [3.05, 3.63) is 49.3 Å². The van der Waals surface area contributed by atoms with Crippen molar-refractivity contribution in [2.24, 2.45) is 5.73 Å². The third-order valence-electron chi connectivity index (χ3n) is 3.14. The number of nitrogens with zero attached hydrogens (tertiary/aromatic N) is 1. The standard InChI is InChI=1S/C15H12BrClN2OS/c1-3-15(2,9-4-6-10(17)7-5-9)13-14(16)21-12(19-13)8-11(18)20/h1,4-7H,8H2,2H3,(H2,18,20). The smallest absolute Gasteiger partial charge is 0.224 e. The van der Waals surface area contributed by atoms with E-state index in [1.54, 1.807) is 12.1 Å². The first-order valence-electron chi connectivity index (χ1n) is 6.04. The number of aromatic nitrogens is 1. The van der Waals surface area contributed by atoms with Gasteiger partial charge in [-0.05, 0) is 40.5 Å². The van der Waals surface area contributed by atoms with E-state index in [0.29, 0.717) is 15.7 Å². The van der Waals surface area contributed by atoms with Crippen LogP contribution in [-0.2, 0) is 16.6 Å². The lowest BCUT2D eigenvalue weighted by molar-refractivity contribution is -0.117. The molecule has 0 radical (unpaired) electrons. The molecule has 1 unspecified atom stereocenters. The van der Waals surface area contributed by atoms with Crippen molar-refractivity contribution in [2.45, 2.75) is 18.8 Å². The Balaban J connectivity index is 2.50. The van der Waals surface area contributed by atoms with E-state index < -0.39 is 11.3 Å². The summed E-state index contributed by atoms with van der Waals surface area (Å²) in [6.45, 7) is 1.91. The molecule has 3 nitrogen and oxygen atoms in total. The molecule has 2 N–H and O–H groups in total. The molecule has 0 spiro atoms. The number of nitrogens with two attached hydrogens (primary N) is 1. The number of primary amides is 1. The zero-order valence-electron chi connectivity index (χ0n) is 11.2. The minimum Gasteiger partial charge on any atom is -0.369 e. The van der Waals surface area contributed by atoms with Crippen LogP contribution >= 0.6 is 38.9 Å². The Morgan fingerprint density at radius 2 is 2.14 bits per heavy atom. The summed E-state index contributed by atoms with van der Waals surface area (Å²) in [5.41, 5.74) is 6.11. The molecule has 0 saturated heterocycles. The molecule has 0 aliphatic carbocycles. The van der Waals surface area contributed by atoms with Crippen LogP contribution in [0.3, 0.4) is 0 Å². The minimum absolute atomic E-state index is 0.102. The topological polar surface area (TPSA) is 56.0 Å². The second kappa shape index (κ2) is 6.18. The molecule has 0 aliphatic heterocycles. The predicted octanol–water partition coefficient (Wildman–Crippen LogP) is 3.53. The van der Waals surface area contributed by atoms with Crippen molar-refractivity contribution in [3.8, 4) is 12.3 Å². The summed E-state index contributed by atoms with van der Waals surface area (Å²) in [4.78, 5) is 15.5. The number of carbonyl (C=O) groups excluding carboxylic acids is 1. The fraction of sp³-hybridized carbons (Fsp3) is 0.200. The van der Waals surface area contributed by atoms with Crippen LogP contribution in [0.2, 0.25) is 5.02 Å². The highest BCUT2D eigenvalue weighted by Gasteiger charge is 2.32. The van der Waals surface area contributed by atoms with E-state index in [-0.39, 0.29) is 6.42 Å². The summed E-state index contributed by atoms with van der Waals surface area (Å²) < 4.78 is 0.800. The van der Waals surface area contributed by atoms with Crippen LogP contribution in [0.5, 0.6) is 0 Å². The Bertz CT molecular complexity index is 720. The molecule has 1 aromatic carbocycles. The van der Waals surface area contributed by atoms with E-state index in [2.05, 4.69) is 26.8 Å². The molecular weight excluding hydrogens is 372 g/mol. The van der Waals surface area contributed by atoms with E-state index in [4.69, 9.17) is 23.8 Å². The zero-order valence-corrected chi connectivity index (χ0v) is 14.3. The number of hydrogen-bond donors (Lipinski definition) is 1. The first-order chi connectivity index (χ1) is 9.86. The largest absolute Gasteiger partial charge is 0.369 e. The quantitative estimate of drug-likeness (QED) is 0.821. The molecule has 6 heteroatoms. The molecule has 2 aromatic rings. The Labute approximate surface area is 140 Å². The van der Waals surface area contributed by atoms with Crippen molar-refractivity contribution >= 4 is 44.8 Å². The number of rotatable bonds is 4. The number of amides is 1. The Hall–Kier alpha value is -1.35. The molecule has 2 rings (SSSR count). The van der Waals surface area contributed by atoms with Crippen LogP contribution in [0.15, 0.2) is 28.1 Å². The molecule has 0 fully saturated rings. The maximum absolute atomic E-state index is 11.0. The van der Waals surface area contributed by atoms with Crippen LogP contribution in [-0.4, -0.2) is 10.9 Å². The van der Waals surface area contributed by atoms with Gasteiger partial charge in [-0.1, -0.05) is 29.7 Å². The second-order valence-electron chi connectivity index (χ2n) is 4.65. The number of hydrogen-bond acceptors (Lipinski definition) is 3. The molecule has 1 aromatic heterocycles. The minimum atomic E-state index is -0.712.